The molecule has 0 saturated carbocycles. The molecule has 0 aliphatic rings. The van der Waals surface area contributed by atoms with E-state index in [0.717, 1.165) is 11.1 Å². The van der Waals surface area contributed by atoms with Gasteiger partial charge in [-0.1, -0.05) is 65.1 Å². The molecule has 0 aliphatic heterocycles. The van der Waals surface area contributed by atoms with Crippen molar-refractivity contribution in [3.05, 3.63) is 108 Å². The highest BCUT2D eigenvalue weighted by Gasteiger charge is 2.18. The molecule has 4 rings (SSSR count). The summed E-state index contributed by atoms with van der Waals surface area (Å²) in [6, 6.07) is 17.1. The van der Waals surface area contributed by atoms with Crippen molar-refractivity contribution in [2.24, 2.45) is 0 Å². The number of aryl methyl sites for hydroxylation is 1. The van der Waals surface area contributed by atoms with E-state index in [0.29, 0.717) is 22.4 Å². The first-order valence-electron chi connectivity index (χ1n) is 9.30. The van der Waals surface area contributed by atoms with Crippen LogP contribution < -0.4 is 10.4 Å². The van der Waals surface area contributed by atoms with E-state index < -0.39 is 11.6 Å². The standard InChI is InChI=1S/C24H15Cl3O4/c1-13-17-11-20(27)22(31-23(28)16-8-7-15(25)10-19(16)26)12-21(17)30-24(29)18(13)9-14-5-3-2-4-6-14/h2-8,10-12H,9H2,1H3. The maximum Gasteiger partial charge on any atom is 0.345 e. The first-order chi connectivity index (χ1) is 14.8. The van der Waals surface area contributed by atoms with Crippen LogP contribution in [0.4, 0.5) is 0 Å². The molecule has 0 spiro atoms. The van der Waals surface area contributed by atoms with Crippen molar-refractivity contribution in [2.75, 3.05) is 0 Å². The summed E-state index contributed by atoms with van der Waals surface area (Å²) in [7, 11) is 0. The van der Waals surface area contributed by atoms with Gasteiger partial charge >= 0.3 is 11.6 Å². The van der Waals surface area contributed by atoms with Crippen molar-refractivity contribution in [3.63, 3.8) is 0 Å². The number of ether oxygens (including phenoxy) is 1. The third-order valence-electron chi connectivity index (χ3n) is 4.92. The maximum atomic E-state index is 12.6. The molecular weight excluding hydrogens is 459 g/mol. The minimum absolute atomic E-state index is 0.0588. The maximum absolute atomic E-state index is 12.6. The second-order valence-electron chi connectivity index (χ2n) is 6.95. The summed E-state index contributed by atoms with van der Waals surface area (Å²) in [5, 5.41) is 1.42. The molecule has 0 amide bonds. The third-order valence-corrected chi connectivity index (χ3v) is 5.76. The van der Waals surface area contributed by atoms with E-state index in [1.807, 2.05) is 37.3 Å². The van der Waals surface area contributed by atoms with E-state index in [2.05, 4.69) is 0 Å². The summed E-state index contributed by atoms with van der Waals surface area (Å²) < 4.78 is 10.9. The zero-order valence-corrected chi connectivity index (χ0v) is 18.5. The SMILES string of the molecule is Cc1c(Cc2ccccc2)c(=O)oc2cc(OC(=O)c3ccc(Cl)cc3Cl)c(Cl)cc12. The van der Waals surface area contributed by atoms with Crippen LogP contribution in [0, 0.1) is 6.92 Å². The molecule has 1 heterocycles. The van der Waals surface area contributed by atoms with Gasteiger partial charge in [0.25, 0.3) is 0 Å². The molecule has 1 aromatic heterocycles. The van der Waals surface area contributed by atoms with Crippen LogP contribution in [0.25, 0.3) is 11.0 Å². The lowest BCUT2D eigenvalue weighted by molar-refractivity contribution is 0.0735. The summed E-state index contributed by atoms with van der Waals surface area (Å²) in [6.07, 6.45) is 0.439. The first kappa shape index (κ1) is 21.4. The second-order valence-corrected chi connectivity index (χ2v) is 8.20. The molecule has 4 aromatic rings. The zero-order chi connectivity index (χ0) is 22.1. The van der Waals surface area contributed by atoms with Gasteiger partial charge in [0.1, 0.15) is 5.58 Å². The Morgan fingerprint density at radius 1 is 0.968 bits per heavy atom. The van der Waals surface area contributed by atoms with E-state index >= 15 is 0 Å². The molecule has 0 aliphatic carbocycles. The molecule has 0 saturated heterocycles. The molecule has 0 unspecified atom stereocenters. The van der Waals surface area contributed by atoms with E-state index in [-0.39, 0.29) is 26.9 Å². The van der Waals surface area contributed by atoms with Crippen molar-refractivity contribution >= 4 is 51.7 Å². The van der Waals surface area contributed by atoms with Crippen molar-refractivity contribution in [1.82, 2.24) is 0 Å². The van der Waals surface area contributed by atoms with E-state index in [1.54, 1.807) is 6.07 Å². The fourth-order valence-electron chi connectivity index (χ4n) is 3.28. The molecule has 0 fully saturated rings. The topological polar surface area (TPSA) is 56.5 Å². The lowest BCUT2D eigenvalue weighted by atomic mass is 9.99. The van der Waals surface area contributed by atoms with Crippen LogP contribution in [-0.4, -0.2) is 5.97 Å². The van der Waals surface area contributed by atoms with Gasteiger partial charge in [-0.15, -0.1) is 0 Å². The van der Waals surface area contributed by atoms with Gasteiger partial charge in [0, 0.05) is 28.5 Å². The van der Waals surface area contributed by atoms with E-state index in [9.17, 15) is 9.59 Å². The summed E-state index contributed by atoms with van der Waals surface area (Å²) >= 11 is 18.3. The Labute approximate surface area is 192 Å². The van der Waals surface area contributed by atoms with Crippen molar-refractivity contribution in [2.45, 2.75) is 13.3 Å². The van der Waals surface area contributed by atoms with Gasteiger partial charge in [-0.25, -0.2) is 9.59 Å². The van der Waals surface area contributed by atoms with Gasteiger partial charge in [-0.2, -0.15) is 0 Å². The van der Waals surface area contributed by atoms with Crippen LogP contribution in [0.15, 0.2) is 69.9 Å². The molecule has 4 nitrogen and oxygen atoms in total. The number of hydrogen-bond acceptors (Lipinski definition) is 4. The summed E-state index contributed by atoms with van der Waals surface area (Å²) in [4.78, 5) is 25.2. The van der Waals surface area contributed by atoms with Crippen molar-refractivity contribution in [3.8, 4) is 5.75 Å². The van der Waals surface area contributed by atoms with Gasteiger partial charge in [0.15, 0.2) is 5.75 Å². The number of carbonyl (C=O) groups is 1. The predicted molar refractivity (Wildman–Crippen MR) is 123 cm³/mol. The Balaban J connectivity index is 1.71. The Morgan fingerprint density at radius 2 is 1.71 bits per heavy atom. The average molecular weight is 474 g/mol. The molecule has 0 N–H and O–H groups in total. The lowest BCUT2D eigenvalue weighted by Gasteiger charge is -2.11. The monoisotopic (exact) mass is 472 g/mol. The molecular formula is C24H15Cl3O4. The largest absolute Gasteiger partial charge is 0.422 e. The van der Waals surface area contributed by atoms with Gasteiger partial charge in [-0.3, -0.25) is 0 Å². The van der Waals surface area contributed by atoms with Gasteiger partial charge in [0.05, 0.1) is 15.6 Å². The summed E-state index contributed by atoms with van der Waals surface area (Å²) in [5.41, 5.74) is 2.26. The number of esters is 1. The Morgan fingerprint density at radius 3 is 2.42 bits per heavy atom. The Hall–Kier alpha value is -2.79. The molecule has 156 valence electrons. The van der Waals surface area contributed by atoms with Crippen LogP contribution in [0.2, 0.25) is 15.1 Å². The van der Waals surface area contributed by atoms with Gasteiger partial charge < -0.3 is 9.15 Å². The molecule has 7 heteroatoms. The summed E-state index contributed by atoms with van der Waals surface area (Å²) in [5.74, 6) is -0.647. The quantitative estimate of drug-likeness (QED) is 0.184. The highest BCUT2D eigenvalue weighted by molar-refractivity contribution is 6.36. The summed E-state index contributed by atoms with van der Waals surface area (Å²) in [6.45, 7) is 1.84. The Kier molecular flexibility index (Phi) is 6.05. The van der Waals surface area contributed by atoms with Crippen LogP contribution in [-0.2, 0) is 6.42 Å². The number of hydrogen-bond donors (Lipinski definition) is 0. The molecule has 0 atom stereocenters. The predicted octanol–water partition coefficient (Wildman–Crippen LogP) is 6.87. The normalized spacial score (nSPS) is 11.0. The van der Waals surface area contributed by atoms with E-state index in [1.165, 1.54) is 24.3 Å². The van der Waals surface area contributed by atoms with Crippen LogP contribution in [0.3, 0.4) is 0 Å². The molecule has 0 radical (unpaired) electrons. The van der Waals surface area contributed by atoms with Crippen molar-refractivity contribution in [1.29, 1.82) is 0 Å². The van der Waals surface area contributed by atoms with E-state index in [4.69, 9.17) is 44.0 Å². The van der Waals surface area contributed by atoms with Gasteiger partial charge in [-0.05, 0) is 42.3 Å². The lowest BCUT2D eigenvalue weighted by Crippen LogP contribution is -2.12. The fourth-order valence-corrected chi connectivity index (χ4v) is 3.97. The van der Waals surface area contributed by atoms with Crippen LogP contribution >= 0.6 is 34.8 Å². The average Bonchev–Trinajstić information content (AvgIpc) is 2.73. The smallest absolute Gasteiger partial charge is 0.345 e. The number of halogens is 3. The number of rotatable bonds is 4. The highest BCUT2D eigenvalue weighted by Crippen LogP contribution is 2.33. The molecule has 31 heavy (non-hydrogen) atoms. The first-order valence-corrected chi connectivity index (χ1v) is 10.4. The number of fused-ring (bicyclic) bond motifs is 1. The van der Waals surface area contributed by atoms with Gasteiger partial charge in [0.2, 0.25) is 0 Å². The second kappa shape index (κ2) is 8.75. The zero-order valence-electron chi connectivity index (χ0n) is 16.2. The van der Waals surface area contributed by atoms with Crippen LogP contribution in [0.5, 0.6) is 5.75 Å². The minimum Gasteiger partial charge on any atom is -0.422 e. The minimum atomic E-state index is -0.706. The van der Waals surface area contributed by atoms with Crippen molar-refractivity contribution < 1.29 is 13.9 Å². The van der Waals surface area contributed by atoms with Crippen LogP contribution in [0.1, 0.15) is 27.0 Å². The fraction of sp³-hybridized carbons (Fsp3) is 0.0833. The molecule has 0 bridgehead atoms. The molecule has 3 aromatic carbocycles. The number of benzene rings is 3. The highest BCUT2D eigenvalue weighted by atomic mass is 35.5. The third kappa shape index (κ3) is 4.47. The number of carbonyl (C=O) groups excluding carboxylic acids is 1. The Bertz CT molecular complexity index is 1360.